The lowest BCUT2D eigenvalue weighted by Crippen LogP contribution is -1.96. The maximum absolute atomic E-state index is 5.18. The Bertz CT molecular complexity index is 657. The Balaban J connectivity index is 2.04. The van der Waals surface area contributed by atoms with Crippen LogP contribution in [0.5, 0.6) is 5.75 Å². The molecule has 0 aliphatic carbocycles. The Hall–Kier alpha value is -2.55. The van der Waals surface area contributed by atoms with Crippen molar-refractivity contribution in [2.24, 2.45) is 0 Å². The van der Waals surface area contributed by atoms with Crippen LogP contribution in [0.25, 0.3) is 17.1 Å². The standard InChI is InChI=1S/C16H14N2O/c1-19-15-9-7-14(8-10-15)18-12-11-17-16(18)13-5-3-2-4-6-13/h2-12H,1H3. The summed E-state index contributed by atoms with van der Waals surface area (Å²) in [5.41, 5.74) is 2.17. The Kier molecular flexibility index (Phi) is 3.02. The maximum Gasteiger partial charge on any atom is 0.144 e. The minimum absolute atomic E-state index is 0.852. The Morgan fingerprint density at radius 1 is 0.947 bits per heavy atom. The maximum atomic E-state index is 5.18. The molecule has 0 aliphatic heterocycles. The highest BCUT2D eigenvalue weighted by molar-refractivity contribution is 5.58. The minimum Gasteiger partial charge on any atom is -0.497 e. The molecule has 94 valence electrons. The molecule has 3 heteroatoms. The third kappa shape index (κ3) is 2.22. The number of aromatic nitrogens is 2. The van der Waals surface area contributed by atoms with Crippen molar-refractivity contribution < 1.29 is 4.74 Å². The van der Waals surface area contributed by atoms with Crippen molar-refractivity contribution in [3.8, 4) is 22.8 Å². The minimum atomic E-state index is 0.852. The van der Waals surface area contributed by atoms with Crippen LogP contribution in [0.4, 0.5) is 0 Å². The van der Waals surface area contributed by atoms with Crippen molar-refractivity contribution in [3.63, 3.8) is 0 Å². The van der Waals surface area contributed by atoms with Crippen molar-refractivity contribution in [3.05, 3.63) is 67.0 Å². The number of rotatable bonds is 3. The molecule has 0 spiro atoms. The molecule has 0 saturated carbocycles. The van der Waals surface area contributed by atoms with Crippen LogP contribution in [0.15, 0.2) is 67.0 Å². The zero-order valence-electron chi connectivity index (χ0n) is 10.7. The Labute approximate surface area is 112 Å². The average molecular weight is 250 g/mol. The molecule has 1 aromatic heterocycles. The number of hydrogen-bond acceptors (Lipinski definition) is 2. The van der Waals surface area contributed by atoms with Crippen LogP contribution in [0, 0.1) is 0 Å². The summed E-state index contributed by atoms with van der Waals surface area (Å²) >= 11 is 0. The smallest absolute Gasteiger partial charge is 0.144 e. The normalized spacial score (nSPS) is 10.4. The summed E-state index contributed by atoms with van der Waals surface area (Å²) in [6, 6.07) is 18.1. The molecular formula is C16H14N2O. The van der Waals surface area contributed by atoms with Crippen molar-refractivity contribution >= 4 is 0 Å². The van der Waals surface area contributed by atoms with Gasteiger partial charge in [-0.3, -0.25) is 4.57 Å². The summed E-state index contributed by atoms with van der Waals surface area (Å²) in [6.07, 6.45) is 3.77. The van der Waals surface area contributed by atoms with E-state index >= 15 is 0 Å². The summed E-state index contributed by atoms with van der Waals surface area (Å²) in [6.45, 7) is 0. The molecule has 0 N–H and O–H groups in total. The average Bonchev–Trinajstić information content (AvgIpc) is 2.98. The summed E-state index contributed by atoms with van der Waals surface area (Å²) in [7, 11) is 1.67. The van der Waals surface area contributed by atoms with Gasteiger partial charge in [0, 0.05) is 23.6 Å². The molecule has 1 heterocycles. The highest BCUT2D eigenvalue weighted by Crippen LogP contribution is 2.22. The summed E-state index contributed by atoms with van der Waals surface area (Å²) < 4.78 is 7.24. The van der Waals surface area contributed by atoms with E-state index in [2.05, 4.69) is 21.7 Å². The van der Waals surface area contributed by atoms with Crippen LogP contribution in [0.3, 0.4) is 0 Å². The molecule has 0 saturated heterocycles. The second kappa shape index (κ2) is 4.98. The number of ether oxygens (including phenoxy) is 1. The molecule has 0 bridgehead atoms. The van der Waals surface area contributed by atoms with E-state index in [1.165, 1.54) is 0 Å². The van der Waals surface area contributed by atoms with Crippen LogP contribution in [-0.2, 0) is 0 Å². The van der Waals surface area contributed by atoms with Gasteiger partial charge >= 0.3 is 0 Å². The van der Waals surface area contributed by atoms with Crippen LogP contribution < -0.4 is 4.74 Å². The number of nitrogens with zero attached hydrogens (tertiary/aromatic N) is 2. The molecule has 3 rings (SSSR count). The van der Waals surface area contributed by atoms with Gasteiger partial charge in [-0.2, -0.15) is 0 Å². The third-order valence-electron chi connectivity index (χ3n) is 3.02. The first-order valence-electron chi connectivity index (χ1n) is 6.11. The van der Waals surface area contributed by atoms with E-state index in [1.54, 1.807) is 7.11 Å². The summed E-state index contributed by atoms with van der Waals surface area (Å²) in [4.78, 5) is 4.44. The monoisotopic (exact) mass is 250 g/mol. The van der Waals surface area contributed by atoms with Gasteiger partial charge in [-0.1, -0.05) is 30.3 Å². The van der Waals surface area contributed by atoms with Gasteiger partial charge in [0.05, 0.1) is 7.11 Å². The fourth-order valence-corrected chi connectivity index (χ4v) is 2.06. The number of imidazole rings is 1. The second-order valence-electron chi connectivity index (χ2n) is 4.18. The first kappa shape index (κ1) is 11.5. The molecular weight excluding hydrogens is 236 g/mol. The lowest BCUT2D eigenvalue weighted by atomic mass is 10.2. The van der Waals surface area contributed by atoms with Gasteiger partial charge < -0.3 is 4.74 Å². The molecule has 0 radical (unpaired) electrons. The van der Waals surface area contributed by atoms with Crippen molar-refractivity contribution in [1.82, 2.24) is 9.55 Å². The molecule has 3 nitrogen and oxygen atoms in total. The number of benzene rings is 2. The number of methoxy groups -OCH3 is 1. The number of hydrogen-bond donors (Lipinski definition) is 0. The predicted octanol–water partition coefficient (Wildman–Crippen LogP) is 3.55. The first-order valence-corrected chi connectivity index (χ1v) is 6.11. The van der Waals surface area contributed by atoms with Gasteiger partial charge in [0.2, 0.25) is 0 Å². The highest BCUT2D eigenvalue weighted by atomic mass is 16.5. The van der Waals surface area contributed by atoms with Gasteiger partial charge in [-0.25, -0.2) is 4.98 Å². The van der Waals surface area contributed by atoms with Gasteiger partial charge in [-0.05, 0) is 24.3 Å². The fourth-order valence-electron chi connectivity index (χ4n) is 2.06. The zero-order chi connectivity index (χ0) is 13.1. The van der Waals surface area contributed by atoms with Crippen LogP contribution in [0.1, 0.15) is 0 Å². The van der Waals surface area contributed by atoms with E-state index in [-0.39, 0.29) is 0 Å². The van der Waals surface area contributed by atoms with E-state index in [4.69, 9.17) is 4.74 Å². The Morgan fingerprint density at radius 2 is 1.68 bits per heavy atom. The van der Waals surface area contributed by atoms with E-state index in [9.17, 15) is 0 Å². The lowest BCUT2D eigenvalue weighted by molar-refractivity contribution is 0.415. The van der Waals surface area contributed by atoms with Gasteiger partial charge in [0.15, 0.2) is 0 Å². The molecule has 0 atom stereocenters. The molecule has 3 aromatic rings. The van der Waals surface area contributed by atoms with Crippen LogP contribution in [0.2, 0.25) is 0 Å². The lowest BCUT2D eigenvalue weighted by Gasteiger charge is -2.08. The summed E-state index contributed by atoms with van der Waals surface area (Å²) in [5, 5.41) is 0. The zero-order valence-corrected chi connectivity index (χ0v) is 10.7. The fraction of sp³-hybridized carbons (Fsp3) is 0.0625. The van der Waals surface area contributed by atoms with Crippen LogP contribution >= 0.6 is 0 Å². The van der Waals surface area contributed by atoms with Gasteiger partial charge in [0.1, 0.15) is 11.6 Å². The molecule has 0 aliphatic rings. The van der Waals surface area contributed by atoms with Crippen molar-refractivity contribution in [2.75, 3.05) is 7.11 Å². The summed E-state index contributed by atoms with van der Waals surface area (Å²) in [5.74, 6) is 1.79. The van der Waals surface area contributed by atoms with Crippen molar-refractivity contribution in [1.29, 1.82) is 0 Å². The van der Waals surface area contributed by atoms with Gasteiger partial charge in [-0.15, -0.1) is 0 Å². The first-order chi connectivity index (χ1) is 9.38. The largest absolute Gasteiger partial charge is 0.497 e. The van der Waals surface area contributed by atoms with Crippen molar-refractivity contribution in [2.45, 2.75) is 0 Å². The van der Waals surface area contributed by atoms with E-state index < -0.39 is 0 Å². The highest BCUT2D eigenvalue weighted by Gasteiger charge is 2.06. The predicted molar refractivity (Wildman–Crippen MR) is 75.6 cm³/mol. The molecule has 0 amide bonds. The second-order valence-corrected chi connectivity index (χ2v) is 4.18. The molecule has 2 aromatic carbocycles. The van der Waals surface area contributed by atoms with E-state index in [0.717, 1.165) is 22.8 Å². The third-order valence-corrected chi connectivity index (χ3v) is 3.02. The van der Waals surface area contributed by atoms with E-state index in [0.29, 0.717) is 0 Å². The van der Waals surface area contributed by atoms with Crippen LogP contribution in [-0.4, -0.2) is 16.7 Å². The molecule has 0 fully saturated rings. The molecule has 19 heavy (non-hydrogen) atoms. The van der Waals surface area contributed by atoms with E-state index in [1.807, 2.05) is 54.9 Å². The topological polar surface area (TPSA) is 27.1 Å². The SMILES string of the molecule is COc1ccc(-n2ccnc2-c2ccccc2)cc1. The van der Waals surface area contributed by atoms with Gasteiger partial charge in [0.25, 0.3) is 0 Å². The Morgan fingerprint density at radius 3 is 2.37 bits per heavy atom. The molecule has 0 unspecified atom stereocenters. The quantitative estimate of drug-likeness (QED) is 0.710.